The van der Waals surface area contributed by atoms with Crippen LogP contribution in [0.3, 0.4) is 0 Å². The van der Waals surface area contributed by atoms with Crippen LogP contribution < -0.4 is 4.90 Å². The zero-order valence-corrected chi connectivity index (χ0v) is 12.7. The van der Waals surface area contributed by atoms with Gasteiger partial charge >= 0.3 is 0 Å². The number of aromatic nitrogens is 2. The van der Waals surface area contributed by atoms with E-state index in [1.807, 2.05) is 12.4 Å². The molecule has 4 nitrogen and oxygen atoms in total. The van der Waals surface area contributed by atoms with Gasteiger partial charge in [-0.2, -0.15) is 0 Å². The molecule has 1 aliphatic heterocycles. The molecule has 1 aromatic rings. The van der Waals surface area contributed by atoms with E-state index in [9.17, 15) is 0 Å². The quantitative estimate of drug-likeness (QED) is 0.573. The Labute approximate surface area is 118 Å². The molecule has 0 unspecified atom stereocenters. The fraction of sp³-hybridized carbons (Fsp3) is 0.600. The summed E-state index contributed by atoms with van der Waals surface area (Å²) in [6, 6.07) is 0. The number of nitrogens with zero attached hydrogens (tertiary/aromatic N) is 4. The van der Waals surface area contributed by atoms with Gasteiger partial charge in [0.25, 0.3) is 0 Å². The standard InChI is InChI=1S/C10H14BrIN4/c11-1-2-15-3-5-16(6-4-15)10-13-7-9(12)8-14-10/h7-8H,1-6H2. The van der Waals surface area contributed by atoms with Gasteiger partial charge in [-0.3, -0.25) is 4.90 Å². The normalized spacial score (nSPS) is 17.8. The summed E-state index contributed by atoms with van der Waals surface area (Å²) >= 11 is 5.70. The molecule has 1 fully saturated rings. The molecule has 0 atom stereocenters. The minimum Gasteiger partial charge on any atom is -0.338 e. The van der Waals surface area contributed by atoms with Crippen molar-refractivity contribution in [2.75, 3.05) is 43.0 Å². The maximum absolute atomic E-state index is 4.35. The van der Waals surface area contributed by atoms with Crippen molar-refractivity contribution in [3.8, 4) is 0 Å². The van der Waals surface area contributed by atoms with E-state index >= 15 is 0 Å². The van der Waals surface area contributed by atoms with Crippen molar-refractivity contribution in [1.82, 2.24) is 14.9 Å². The highest BCUT2D eigenvalue weighted by Gasteiger charge is 2.17. The molecule has 0 aromatic carbocycles. The van der Waals surface area contributed by atoms with E-state index in [4.69, 9.17) is 0 Å². The predicted molar refractivity (Wildman–Crippen MR) is 77.2 cm³/mol. The number of piperazine rings is 1. The molecule has 0 bridgehead atoms. The summed E-state index contributed by atoms with van der Waals surface area (Å²) in [6.45, 7) is 5.37. The van der Waals surface area contributed by atoms with Gasteiger partial charge in [0.15, 0.2) is 0 Å². The Hall–Kier alpha value is 0.0500. The summed E-state index contributed by atoms with van der Waals surface area (Å²) in [6.07, 6.45) is 3.74. The molecule has 0 amide bonds. The molecule has 0 aliphatic carbocycles. The Morgan fingerprint density at radius 2 is 1.81 bits per heavy atom. The average molecular weight is 397 g/mol. The lowest BCUT2D eigenvalue weighted by molar-refractivity contribution is 0.272. The highest BCUT2D eigenvalue weighted by Crippen LogP contribution is 2.11. The van der Waals surface area contributed by atoms with Crippen molar-refractivity contribution >= 4 is 44.5 Å². The summed E-state index contributed by atoms with van der Waals surface area (Å²) in [5.74, 6) is 0.860. The maximum Gasteiger partial charge on any atom is 0.225 e. The van der Waals surface area contributed by atoms with Gasteiger partial charge in [0, 0.05) is 54.0 Å². The lowest BCUT2D eigenvalue weighted by Gasteiger charge is -2.34. The highest BCUT2D eigenvalue weighted by molar-refractivity contribution is 14.1. The van der Waals surface area contributed by atoms with Crippen LogP contribution >= 0.6 is 38.5 Å². The minimum absolute atomic E-state index is 0.860. The number of hydrogen-bond donors (Lipinski definition) is 0. The first kappa shape index (κ1) is 12.5. The van der Waals surface area contributed by atoms with Gasteiger partial charge in [-0.15, -0.1) is 0 Å². The van der Waals surface area contributed by atoms with E-state index in [-0.39, 0.29) is 0 Å². The van der Waals surface area contributed by atoms with Crippen LogP contribution in [0.15, 0.2) is 12.4 Å². The average Bonchev–Trinajstić information content (AvgIpc) is 2.32. The Morgan fingerprint density at radius 3 is 2.38 bits per heavy atom. The van der Waals surface area contributed by atoms with Crippen molar-refractivity contribution in [2.24, 2.45) is 0 Å². The summed E-state index contributed by atoms with van der Waals surface area (Å²) in [5.41, 5.74) is 0. The van der Waals surface area contributed by atoms with Crippen LogP contribution in [-0.4, -0.2) is 52.9 Å². The molecular formula is C10H14BrIN4. The van der Waals surface area contributed by atoms with Crippen LogP contribution in [0.2, 0.25) is 0 Å². The zero-order chi connectivity index (χ0) is 11.4. The third-order valence-electron chi connectivity index (χ3n) is 2.66. The van der Waals surface area contributed by atoms with Gasteiger partial charge < -0.3 is 4.90 Å². The van der Waals surface area contributed by atoms with Crippen LogP contribution in [0.25, 0.3) is 0 Å². The van der Waals surface area contributed by atoms with Gasteiger partial charge in [0.05, 0.1) is 0 Å². The molecule has 2 heterocycles. The Bertz CT molecular complexity index is 324. The summed E-state index contributed by atoms with van der Waals surface area (Å²) < 4.78 is 1.08. The first-order valence-electron chi connectivity index (χ1n) is 5.30. The SMILES string of the molecule is BrCCN1CCN(c2ncc(I)cn2)CC1. The third-order valence-corrected chi connectivity index (χ3v) is 3.57. The lowest BCUT2D eigenvalue weighted by atomic mass is 10.3. The number of halogens is 2. The van der Waals surface area contributed by atoms with Crippen molar-refractivity contribution in [2.45, 2.75) is 0 Å². The van der Waals surface area contributed by atoms with Crippen LogP contribution in [0, 0.1) is 3.57 Å². The minimum atomic E-state index is 0.860. The fourth-order valence-electron chi connectivity index (χ4n) is 1.76. The van der Waals surface area contributed by atoms with E-state index < -0.39 is 0 Å². The molecule has 1 saturated heterocycles. The van der Waals surface area contributed by atoms with E-state index in [1.54, 1.807) is 0 Å². The molecule has 88 valence electrons. The molecular weight excluding hydrogens is 383 g/mol. The first-order valence-corrected chi connectivity index (χ1v) is 7.50. The van der Waals surface area contributed by atoms with Crippen molar-refractivity contribution < 1.29 is 0 Å². The Balaban J connectivity index is 1.91. The van der Waals surface area contributed by atoms with E-state index in [2.05, 4.69) is 58.3 Å². The maximum atomic E-state index is 4.35. The highest BCUT2D eigenvalue weighted by atomic mass is 127. The van der Waals surface area contributed by atoms with E-state index in [0.717, 1.165) is 47.6 Å². The lowest BCUT2D eigenvalue weighted by Crippen LogP contribution is -2.47. The second-order valence-electron chi connectivity index (χ2n) is 3.72. The third kappa shape index (κ3) is 3.27. The van der Waals surface area contributed by atoms with Crippen LogP contribution in [0.4, 0.5) is 5.95 Å². The molecule has 0 N–H and O–H groups in total. The van der Waals surface area contributed by atoms with E-state index in [1.165, 1.54) is 0 Å². The number of anilines is 1. The molecule has 1 aromatic heterocycles. The predicted octanol–water partition coefficient (Wildman–Crippen LogP) is 1.60. The molecule has 1 aliphatic rings. The van der Waals surface area contributed by atoms with Gasteiger partial charge in [-0.1, -0.05) is 15.9 Å². The summed E-state index contributed by atoms with van der Waals surface area (Å²) in [7, 11) is 0. The topological polar surface area (TPSA) is 32.3 Å². The number of rotatable bonds is 3. The fourth-order valence-corrected chi connectivity index (χ4v) is 2.54. The van der Waals surface area contributed by atoms with Crippen LogP contribution in [0.5, 0.6) is 0 Å². The first-order chi connectivity index (χ1) is 7.79. The van der Waals surface area contributed by atoms with Gasteiger partial charge in [0.1, 0.15) is 0 Å². The molecule has 0 spiro atoms. The van der Waals surface area contributed by atoms with Crippen molar-refractivity contribution in [1.29, 1.82) is 0 Å². The zero-order valence-electron chi connectivity index (χ0n) is 8.94. The Kier molecular flexibility index (Phi) is 4.78. The number of hydrogen-bond acceptors (Lipinski definition) is 4. The van der Waals surface area contributed by atoms with E-state index in [0.29, 0.717) is 0 Å². The van der Waals surface area contributed by atoms with Gasteiger partial charge in [-0.25, -0.2) is 9.97 Å². The molecule has 6 heteroatoms. The molecule has 2 rings (SSSR count). The van der Waals surface area contributed by atoms with Gasteiger partial charge in [0.2, 0.25) is 5.95 Å². The van der Waals surface area contributed by atoms with Crippen molar-refractivity contribution in [3.63, 3.8) is 0 Å². The van der Waals surface area contributed by atoms with Crippen LogP contribution in [-0.2, 0) is 0 Å². The molecule has 0 radical (unpaired) electrons. The second kappa shape index (κ2) is 6.11. The Morgan fingerprint density at radius 1 is 1.19 bits per heavy atom. The van der Waals surface area contributed by atoms with Gasteiger partial charge in [-0.05, 0) is 22.6 Å². The largest absolute Gasteiger partial charge is 0.338 e. The second-order valence-corrected chi connectivity index (χ2v) is 5.76. The summed E-state index contributed by atoms with van der Waals surface area (Å²) in [4.78, 5) is 13.4. The summed E-state index contributed by atoms with van der Waals surface area (Å²) in [5, 5.41) is 1.05. The monoisotopic (exact) mass is 396 g/mol. The number of alkyl halides is 1. The molecule has 0 saturated carbocycles. The van der Waals surface area contributed by atoms with Crippen molar-refractivity contribution in [3.05, 3.63) is 16.0 Å². The smallest absolute Gasteiger partial charge is 0.225 e. The molecule has 16 heavy (non-hydrogen) atoms. The van der Waals surface area contributed by atoms with Crippen LogP contribution in [0.1, 0.15) is 0 Å².